The molecule has 0 bridgehead atoms. The summed E-state index contributed by atoms with van der Waals surface area (Å²) in [7, 11) is 0. The minimum absolute atomic E-state index is 0.0218. The first-order chi connectivity index (χ1) is 17.0. The van der Waals surface area contributed by atoms with Crippen LogP contribution in [0.4, 0.5) is 10.2 Å². The number of amides is 1. The summed E-state index contributed by atoms with van der Waals surface area (Å²) >= 11 is 0. The van der Waals surface area contributed by atoms with Crippen molar-refractivity contribution in [2.75, 3.05) is 31.1 Å². The van der Waals surface area contributed by atoms with E-state index in [-0.39, 0.29) is 18.3 Å². The first kappa shape index (κ1) is 22.7. The van der Waals surface area contributed by atoms with Crippen molar-refractivity contribution in [1.29, 1.82) is 0 Å². The van der Waals surface area contributed by atoms with Crippen LogP contribution in [0.25, 0.3) is 22.8 Å². The van der Waals surface area contributed by atoms with Gasteiger partial charge in [0.05, 0.1) is 0 Å². The smallest absolute Gasteiger partial charge is 0.244 e. The molecule has 3 heterocycles. The van der Waals surface area contributed by atoms with Crippen molar-refractivity contribution in [2.45, 2.75) is 20.4 Å². The minimum atomic E-state index is -0.278. The van der Waals surface area contributed by atoms with Crippen LogP contribution >= 0.6 is 0 Å². The van der Waals surface area contributed by atoms with Gasteiger partial charge in [0.25, 0.3) is 0 Å². The summed E-state index contributed by atoms with van der Waals surface area (Å²) in [5, 5.41) is 4.66. The molecule has 0 spiro atoms. The van der Waals surface area contributed by atoms with Gasteiger partial charge in [0.15, 0.2) is 11.6 Å². The highest BCUT2D eigenvalue weighted by atomic mass is 19.1. The standard InChI is InChI=1S/C27H27FN6O/c1-19-10-11-29-24(16-19)32-12-14-33(15-13-32)25(35)18-34-27(22-8-9-23(28)20(2)17-22)30-26(31-34)21-6-4-3-5-7-21/h3-11,16-17H,12-15,18H2,1-2H3. The summed E-state index contributed by atoms with van der Waals surface area (Å²) in [6, 6.07) is 18.5. The van der Waals surface area contributed by atoms with E-state index in [1.807, 2.05) is 54.4 Å². The van der Waals surface area contributed by atoms with E-state index in [9.17, 15) is 9.18 Å². The molecule has 4 aromatic rings. The Morgan fingerprint density at radius 2 is 1.71 bits per heavy atom. The highest BCUT2D eigenvalue weighted by Crippen LogP contribution is 2.24. The first-order valence-corrected chi connectivity index (χ1v) is 11.7. The van der Waals surface area contributed by atoms with Crippen molar-refractivity contribution in [2.24, 2.45) is 0 Å². The molecule has 1 aliphatic rings. The predicted molar refractivity (Wildman–Crippen MR) is 133 cm³/mol. The van der Waals surface area contributed by atoms with Crippen LogP contribution in [0.3, 0.4) is 0 Å². The largest absolute Gasteiger partial charge is 0.353 e. The van der Waals surface area contributed by atoms with Crippen molar-refractivity contribution in [3.63, 3.8) is 0 Å². The number of halogens is 1. The number of nitrogens with zero attached hydrogens (tertiary/aromatic N) is 6. The van der Waals surface area contributed by atoms with Crippen molar-refractivity contribution < 1.29 is 9.18 Å². The zero-order chi connectivity index (χ0) is 24.4. The van der Waals surface area contributed by atoms with Gasteiger partial charge in [-0.3, -0.25) is 4.79 Å². The van der Waals surface area contributed by atoms with E-state index in [4.69, 9.17) is 4.98 Å². The Labute approximate surface area is 203 Å². The van der Waals surface area contributed by atoms with Crippen molar-refractivity contribution in [3.05, 3.63) is 83.8 Å². The lowest BCUT2D eigenvalue weighted by atomic mass is 10.1. The van der Waals surface area contributed by atoms with Gasteiger partial charge in [-0.25, -0.2) is 19.0 Å². The zero-order valence-electron chi connectivity index (χ0n) is 19.9. The molecule has 35 heavy (non-hydrogen) atoms. The molecule has 0 aliphatic carbocycles. The van der Waals surface area contributed by atoms with Crippen LogP contribution in [0.15, 0.2) is 66.9 Å². The Bertz CT molecular complexity index is 1350. The number of rotatable bonds is 5. The number of aryl methyl sites for hydroxylation is 2. The van der Waals surface area contributed by atoms with Gasteiger partial charge in [0.1, 0.15) is 18.2 Å². The van der Waals surface area contributed by atoms with E-state index in [1.54, 1.807) is 23.7 Å². The molecule has 0 saturated carbocycles. The van der Waals surface area contributed by atoms with Gasteiger partial charge >= 0.3 is 0 Å². The number of aromatic nitrogens is 4. The molecule has 0 unspecified atom stereocenters. The van der Waals surface area contributed by atoms with Gasteiger partial charge in [0.2, 0.25) is 5.91 Å². The van der Waals surface area contributed by atoms with E-state index < -0.39 is 0 Å². The van der Waals surface area contributed by atoms with Gasteiger partial charge in [-0.2, -0.15) is 0 Å². The molecule has 7 nitrogen and oxygen atoms in total. The summed E-state index contributed by atoms with van der Waals surface area (Å²) < 4.78 is 15.5. The third kappa shape index (κ3) is 4.91. The molecule has 0 N–H and O–H groups in total. The van der Waals surface area contributed by atoms with Gasteiger partial charge in [-0.15, -0.1) is 5.10 Å². The average molecular weight is 471 g/mol. The Balaban J connectivity index is 1.36. The lowest BCUT2D eigenvalue weighted by Crippen LogP contribution is -2.50. The number of hydrogen-bond donors (Lipinski definition) is 0. The number of hydrogen-bond acceptors (Lipinski definition) is 5. The molecule has 1 aliphatic heterocycles. The van der Waals surface area contributed by atoms with E-state index in [1.165, 1.54) is 6.07 Å². The fourth-order valence-electron chi connectivity index (χ4n) is 4.27. The lowest BCUT2D eigenvalue weighted by Gasteiger charge is -2.35. The molecule has 5 rings (SSSR count). The molecule has 1 amide bonds. The van der Waals surface area contributed by atoms with Crippen LogP contribution in [0.1, 0.15) is 11.1 Å². The lowest BCUT2D eigenvalue weighted by molar-refractivity contribution is -0.132. The van der Waals surface area contributed by atoms with Crippen LogP contribution in [0.5, 0.6) is 0 Å². The van der Waals surface area contributed by atoms with E-state index in [0.29, 0.717) is 30.3 Å². The Morgan fingerprint density at radius 1 is 0.943 bits per heavy atom. The van der Waals surface area contributed by atoms with Crippen molar-refractivity contribution in [1.82, 2.24) is 24.6 Å². The number of carbonyl (C=O) groups is 1. The van der Waals surface area contributed by atoms with E-state index in [0.717, 1.165) is 35.6 Å². The predicted octanol–water partition coefficient (Wildman–Crippen LogP) is 4.11. The Kier molecular flexibility index (Phi) is 6.27. The molecule has 178 valence electrons. The van der Waals surface area contributed by atoms with Gasteiger partial charge in [0, 0.05) is 43.5 Å². The number of anilines is 1. The zero-order valence-corrected chi connectivity index (χ0v) is 19.9. The molecule has 1 saturated heterocycles. The molecule has 2 aromatic heterocycles. The highest BCUT2D eigenvalue weighted by molar-refractivity contribution is 5.77. The maximum atomic E-state index is 13.9. The minimum Gasteiger partial charge on any atom is -0.353 e. The molecule has 2 aromatic carbocycles. The first-order valence-electron chi connectivity index (χ1n) is 11.7. The second-order valence-electron chi connectivity index (χ2n) is 8.81. The number of benzene rings is 2. The monoisotopic (exact) mass is 470 g/mol. The molecule has 0 atom stereocenters. The Morgan fingerprint density at radius 3 is 2.43 bits per heavy atom. The third-order valence-electron chi connectivity index (χ3n) is 6.26. The number of carbonyl (C=O) groups excluding carboxylic acids is 1. The number of piperazine rings is 1. The van der Waals surface area contributed by atoms with Gasteiger partial charge < -0.3 is 9.80 Å². The topological polar surface area (TPSA) is 67.2 Å². The third-order valence-corrected chi connectivity index (χ3v) is 6.26. The summed E-state index contributed by atoms with van der Waals surface area (Å²) in [6.07, 6.45) is 1.82. The summed E-state index contributed by atoms with van der Waals surface area (Å²) in [5.74, 6) is 1.72. The number of pyridine rings is 1. The SMILES string of the molecule is Cc1ccnc(N2CCN(C(=O)Cn3nc(-c4ccccc4)nc3-c3ccc(F)c(C)c3)CC2)c1. The summed E-state index contributed by atoms with van der Waals surface area (Å²) in [6.45, 7) is 6.49. The van der Waals surface area contributed by atoms with Gasteiger partial charge in [-0.1, -0.05) is 30.3 Å². The van der Waals surface area contributed by atoms with Gasteiger partial charge in [-0.05, 0) is 55.3 Å². The van der Waals surface area contributed by atoms with E-state index >= 15 is 0 Å². The second kappa shape index (κ2) is 9.66. The molecule has 1 fully saturated rings. The summed E-state index contributed by atoms with van der Waals surface area (Å²) in [5.41, 5.74) is 3.27. The maximum absolute atomic E-state index is 13.9. The van der Waals surface area contributed by atoms with Crippen molar-refractivity contribution >= 4 is 11.7 Å². The quantitative estimate of drug-likeness (QED) is 0.439. The van der Waals surface area contributed by atoms with Crippen molar-refractivity contribution in [3.8, 4) is 22.8 Å². The second-order valence-corrected chi connectivity index (χ2v) is 8.81. The molecular weight excluding hydrogens is 443 g/mol. The average Bonchev–Trinajstić information content (AvgIpc) is 3.30. The molecule has 8 heteroatoms. The van der Waals surface area contributed by atoms with Crippen LogP contribution in [-0.4, -0.2) is 56.7 Å². The molecule has 0 radical (unpaired) electrons. The fourth-order valence-corrected chi connectivity index (χ4v) is 4.27. The van der Waals surface area contributed by atoms with Crippen LogP contribution in [-0.2, 0) is 11.3 Å². The van der Waals surface area contributed by atoms with Crippen LogP contribution < -0.4 is 4.90 Å². The maximum Gasteiger partial charge on any atom is 0.244 e. The Hall–Kier alpha value is -4.07. The van der Waals surface area contributed by atoms with Crippen LogP contribution in [0.2, 0.25) is 0 Å². The molecular formula is C27H27FN6O. The van der Waals surface area contributed by atoms with Crippen LogP contribution in [0, 0.1) is 19.7 Å². The highest BCUT2D eigenvalue weighted by Gasteiger charge is 2.24. The normalized spacial score (nSPS) is 13.8. The van der Waals surface area contributed by atoms with E-state index in [2.05, 4.69) is 21.0 Å². The summed E-state index contributed by atoms with van der Waals surface area (Å²) in [4.78, 5) is 26.5. The fraction of sp³-hybridized carbons (Fsp3) is 0.259.